The predicted molar refractivity (Wildman–Crippen MR) is 65.7 cm³/mol. The summed E-state index contributed by atoms with van der Waals surface area (Å²) in [7, 11) is 0. The Bertz CT molecular complexity index is 439. The third-order valence-corrected chi connectivity index (χ3v) is 3.00. The number of nitro groups is 1. The molecule has 0 saturated carbocycles. The molecule has 0 aliphatic carbocycles. The number of rotatable bonds is 2. The van der Waals surface area contributed by atoms with Gasteiger partial charge in [0, 0.05) is 35.4 Å². The summed E-state index contributed by atoms with van der Waals surface area (Å²) in [5.41, 5.74) is 0.797. The maximum absolute atomic E-state index is 10.8. The van der Waals surface area contributed by atoms with Crippen LogP contribution in [0.15, 0.2) is 18.2 Å². The van der Waals surface area contributed by atoms with E-state index in [-0.39, 0.29) is 11.7 Å². The summed E-state index contributed by atoms with van der Waals surface area (Å²) < 4.78 is 5.33. The van der Waals surface area contributed by atoms with Gasteiger partial charge in [0.1, 0.15) is 0 Å². The second-order valence-electron chi connectivity index (χ2n) is 4.04. The van der Waals surface area contributed by atoms with Crippen molar-refractivity contribution in [2.24, 2.45) is 0 Å². The molecule has 6 heteroatoms. The number of hydrogen-bond acceptors (Lipinski definition) is 4. The number of non-ortho nitro benzene ring substituents is 1. The van der Waals surface area contributed by atoms with Crippen LogP contribution in [0.4, 0.5) is 11.4 Å². The number of nitrogens with zero attached hydrogens (tertiary/aromatic N) is 2. The molecule has 5 nitrogen and oxygen atoms in total. The highest BCUT2D eigenvalue weighted by molar-refractivity contribution is 6.31. The third-order valence-electron chi connectivity index (χ3n) is 2.78. The minimum absolute atomic E-state index is 0.0196. The SMILES string of the molecule is CC1COCCN1c1cc(Cl)cc([N+](=O)[O-])c1. The van der Waals surface area contributed by atoms with Gasteiger partial charge in [-0.3, -0.25) is 10.1 Å². The summed E-state index contributed by atoms with van der Waals surface area (Å²) in [5, 5.41) is 11.2. The average Bonchev–Trinajstić information content (AvgIpc) is 2.28. The first kappa shape index (κ1) is 12.1. The van der Waals surface area contributed by atoms with Crippen LogP contribution in [-0.4, -0.2) is 30.7 Å². The van der Waals surface area contributed by atoms with Crippen molar-refractivity contribution >= 4 is 23.0 Å². The maximum atomic E-state index is 10.8. The van der Waals surface area contributed by atoms with Gasteiger partial charge in [-0.05, 0) is 13.0 Å². The molecule has 1 aromatic carbocycles. The summed E-state index contributed by atoms with van der Waals surface area (Å²) in [5.74, 6) is 0. The molecular formula is C11H13ClN2O3. The van der Waals surface area contributed by atoms with Gasteiger partial charge in [0.25, 0.3) is 5.69 Å². The minimum atomic E-state index is -0.430. The zero-order valence-corrected chi connectivity index (χ0v) is 10.2. The molecule has 0 spiro atoms. The van der Waals surface area contributed by atoms with Crippen LogP contribution in [-0.2, 0) is 4.74 Å². The first-order valence-corrected chi connectivity index (χ1v) is 5.75. The summed E-state index contributed by atoms with van der Waals surface area (Å²) in [6.45, 7) is 4.00. The second-order valence-corrected chi connectivity index (χ2v) is 4.48. The Kier molecular flexibility index (Phi) is 3.49. The molecule has 1 aliphatic rings. The van der Waals surface area contributed by atoms with Crippen molar-refractivity contribution in [3.63, 3.8) is 0 Å². The van der Waals surface area contributed by atoms with E-state index in [1.807, 2.05) is 6.92 Å². The van der Waals surface area contributed by atoms with Crippen molar-refractivity contribution in [2.75, 3.05) is 24.7 Å². The topological polar surface area (TPSA) is 55.6 Å². The van der Waals surface area contributed by atoms with Crippen LogP contribution < -0.4 is 4.90 Å². The van der Waals surface area contributed by atoms with E-state index in [1.165, 1.54) is 6.07 Å². The Morgan fingerprint density at radius 2 is 2.29 bits per heavy atom. The number of hydrogen-bond donors (Lipinski definition) is 0. The Morgan fingerprint density at radius 1 is 1.53 bits per heavy atom. The number of morpholine rings is 1. The van der Waals surface area contributed by atoms with Gasteiger partial charge in [0.05, 0.1) is 18.1 Å². The van der Waals surface area contributed by atoms with Gasteiger partial charge in [0.15, 0.2) is 0 Å². The van der Waals surface area contributed by atoms with E-state index >= 15 is 0 Å². The molecule has 1 heterocycles. The Morgan fingerprint density at radius 3 is 2.94 bits per heavy atom. The van der Waals surface area contributed by atoms with E-state index in [1.54, 1.807) is 12.1 Å². The Balaban J connectivity index is 2.33. The zero-order chi connectivity index (χ0) is 12.4. The summed E-state index contributed by atoms with van der Waals surface area (Å²) in [6.07, 6.45) is 0. The number of halogens is 1. The van der Waals surface area contributed by atoms with E-state index in [4.69, 9.17) is 16.3 Å². The molecule has 0 bridgehead atoms. The van der Waals surface area contributed by atoms with Crippen LogP contribution >= 0.6 is 11.6 Å². The first-order chi connectivity index (χ1) is 8.08. The molecule has 1 aliphatic heterocycles. The second kappa shape index (κ2) is 4.89. The fraction of sp³-hybridized carbons (Fsp3) is 0.455. The molecule has 1 fully saturated rings. The van der Waals surface area contributed by atoms with Crippen LogP contribution in [0.3, 0.4) is 0 Å². The zero-order valence-electron chi connectivity index (χ0n) is 9.43. The lowest BCUT2D eigenvalue weighted by atomic mass is 10.2. The monoisotopic (exact) mass is 256 g/mol. The van der Waals surface area contributed by atoms with Crippen molar-refractivity contribution in [1.29, 1.82) is 0 Å². The van der Waals surface area contributed by atoms with Gasteiger partial charge in [-0.2, -0.15) is 0 Å². The molecule has 17 heavy (non-hydrogen) atoms. The molecule has 1 aromatic rings. The third kappa shape index (κ3) is 2.68. The van der Waals surface area contributed by atoms with E-state index in [9.17, 15) is 10.1 Å². The summed E-state index contributed by atoms with van der Waals surface area (Å²) in [4.78, 5) is 12.4. The van der Waals surface area contributed by atoms with Gasteiger partial charge in [-0.1, -0.05) is 11.6 Å². The van der Waals surface area contributed by atoms with E-state index in [0.717, 1.165) is 12.2 Å². The number of nitro benzene ring substituents is 1. The summed E-state index contributed by atoms with van der Waals surface area (Å²) in [6, 6.07) is 4.85. The van der Waals surface area contributed by atoms with Gasteiger partial charge in [-0.25, -0.2) is 0 Å². The lowest BCUT2D eigenvalue weighted by Gasteiger charge is -2.35. The number of ether oxygens (including phenoxy) is 1. The van der Waals surface area contributed by atoms with Crippen LogP contribution in [0.25, 0.3) is 0 Å². The quantitative estimate of drug-likeness (QED) is 0.603. The first-order valence-electron chi connectivity index (χ1n) is 5.37. The lowest BCUT2D eigenvalue weighted by Crippen LogP contribution is -2.43. The minimum Gasteiger partial charge on any atom is -0.377 e. The van der Waals surface area contributed by atoms with E-state index < -0.39 is 4.92 Å². The van der Waals surface area contributed by atoms with Gasteiger partial charge in [-0.15, -0.1) is 0 Å². The normalized spacial score (nSPS) is 20.4. The average molecular weight is 257 g/mol. The van der Waals surface area contributed by atoms with Crippen molar-refractivity contribution in [1.82, 2.24) is 0 Å². The fourth-order valence-corrected chi connectivity index (χ4v) is 2.16. The van der Waals surface area contributed by atoms with Crippen LogP contribution in [0.2, 0.25) is 5.02 Å². The largest absolute Gasteiger partial charge is 0.377 e. The Labute approximate surface area is 104 Å². The van der Waals surface area contributed by atoms with Crippen LogP contribution in [0.1, 0.15) is 6.92 Å². The molecule has 1 atom stereocenters. The fourth-order valence-electron chi connectivity index (χ4n) is 1.94. The molecule has 0 amide bonds. The van der Waals surface area contributed by atoms with Crippen molar-refractivity contribution in [3.05, 3.63) is 33.3 Å². The molecule has 0 radical (unpaired) electrons. The molecular weight excluding hydrogens is 244 g/mol. The molecule has 92 valence electrons. The predicted octanol–water partition coefficient (Wildman–Crippen LogP) is 2.47. The highest BCUT2D eigenvalue weighted by Gasteiger charge is 2.21. The smallest absolute Gasteiger partial charge is 0.272 e. The maximum Gasteiger partial charge on any atom is 0.272 e. The van der Waals surface area contributed by atoms with Crippen molar-refractivity contribution in [2.45, 2.75) is 13.0 Å². The highest BCUT2D eigenvalue weighted by atomic mass is 35.5. The van der Waals surface area contributed by atoms with Crippen molar-refractivity contribution < 1.29 is 9.66 Å². The molecule has 0 N–H and O–H groups in total. The Hall–Kier alpha value is -1.33. The van der Waals surface area contributed by atoms with Gasteiger partial charge >= 0.3 is 0 Å². The van der Waals surface area contributed by atoms with Gasteiger partial charge in [0.2, 0.25) is 0 Å². The van der Waals surface area contributed by atoms with Crippen molar-refractivity contribution in [3.8, 4) is 0 Å². The van der Waals surface area contributed by atoms with E-state index in [0.29, 0.717) is 18.2 Å². The highest BCUT2D eigenvalue weighted by Crippen LogP contribution is 2.28. The number of anilines is 1. The summed E-state index contributed by atoms with van der Waals surface area (Å²) >= 11 is 5.90. The molecule has 2 rings (SSSR count). The van der Waals surface area contributed by atoms with Crippen LogP contribution in [0.5, 0.6) is 0 Å². The molecule has 0 aromatic heterocycles. The van der Waals surface area contributed by atoms with Gasteiger partial charge < -0.3 is 9.64 Å². The molecule has 1 saturated heterocycles. The number of benzene rings is 1. The standard InChI is InChI=1S/C11H13ClN2O3/c1-8-7-17-3-2-13(8)10-4-9(12)5-11(6-10)14(15)16/h4-6,8H,2-3,7H2,1H3. The van der Waals surface area contributed by atoms with Crippen LogP contribution in [0, 0.1) is 10.1 Å². The lowest BCUT2D eigenvalue weighted by molar-refractivity contribution is -0.384. The van der Waals surface area contributed by atoms with E-state index in [2.05, 4.69) is 4.90 Å². The molecule has 1 unspecified atom stereocenters.